The number of amides is 1. The third kappa shape index (κ3) is 4.71. The van der Waals surface area contributed by atoms with Gasteiger partial charge in [0.1, 0.15) is 5.82 Å². The number of alkyl halides is 3. The highest BCUT2D eigenvalue weighted by molar-refractivity contribution is 5.77. The van der Waals surface area contributed by atoms with Crippen molar-refractivity contribution in [2.45, 2.75) is 32.1 Å². The van der Waals surface area contributed by atoms with E-state index in [1.165, 1.54) is 4.90 Å². The van der Waals surface area contributed by atoms with E-state index in [-0.39, 0.29) is 17.7 Å². The Labute approximate surface area is 161 Å². The number of anilines is 2. The number of carbonyl (C=O) groups excluding carboxylic acids is 1. The fourth-order valence-corrected chi connectivity index (χ4v) is 3.00. The number of hydrogen-bond acceptors (Lipinski definition) is 5. The summed E-state index contributed by atoms with van der Waals surface area (Å²) in [5.74, 6) is 0.0900. The lowest BCUT2D eigenvalue weighted by molar-refractivity contribution is -0.141. The van der Waals surface area contributed by atoms with Crippen LogP contribution in [0.1, 0.15) is 29.7 Å². The number of benzene rings is 1. The molecule has 0 bridgehead atoms. The molecule has 1 aliphatic heterocycles. The third-order valence-corrected chi connectivity index (χ3v) is 4.51. The number of fused-ring (bicyclic) bond motifs is 1. The van der Waals surface area contributed by atoms with Crippen molar-refractivity contribution in [2.75, 3.05) is 30.9 Å². The molecule has 28 heavy (non-hydrogen) atoms. The van der Waals surface area contributed by atoms with Crippen LogP contribution in [-0.4, -0.2) is 41.4 Å². The monoisotopic (exact) mass is 393 g/mol. The molecule has 6 nitrogen and oxygen atoms in total. The predicted octanol–water partition coefficient (Wildman–Crippen LogP) is 3.30. The van der Waals surface area contributed by atoms with Gasteiger partial charge in [-0.25, -0.2) is 4.98 Å². The molecule has 0 radical (unpaired) electrons. The van der Waals surface area contributed by atoms with Crippen molar-refractivity contribution >= 4 is 17.7 Å². The number of nitrogens with zero attached hydrogens (tertiary/aromatic N) is 4. The van der Waals surface area contributed by atoms with Gasteiger partial charge in [0.05, 0.1) is 0 Å². The Morgan fingerprint density at radius 2 is 1.82 bits per heavy atom. The molecule has 2 heterocycles. The molecule has 1 amide bonds. The number of nitrogens with one attached hydrogen (secondary N) is 1. The van der Waals surface area contributed by atoms with Crippen LogP contribution in [0.15, 0.2) is 30.3 Å². The Morgan fingerprint density at radius 3 is 2.39 bits per heavy atom. The molecule has 150 valence electrons. The van der Waals surface area contributed by atoms with Crippen LogP contribution in [-0.2, 0) is 24.1 Å². The molecule has 2 aromatic rings. The minimum absolute atomic E-state index is 0.0249. The summed E-state index contributed by atoms with van der Waals surface area (Å²) in [4.78, 5) is 23.3. The van der Waals surface area contributed by atoms with E-state index < -0.39 is 11.9 Å². The normalized spacial score (nSPS) is 13.4. The molecule has 0 unspecified atom stereocenters. The summed E-state index contributed by atoms with van der Waals surface area (Å²) in [5, 5.41) is 2.80. The van der Waals surface area contributed by atoms with Gasteiger partial charge in [-0.2, -0.15) is 18.2 Å². The molecule has 1 aromatic heterocycles. The average molecular weight is 393 g/mol. The van der Waals surface area contributed by atoms with Gasteiger partial charge < -0.3 is 15.1 Å². The van der Waals surface area contributed by atoms with Crippen LogP contribution in [0.5, 0.6) is 0 Å². The third-order valence-electron chi connectivity index (χ3n) is 4.51. The molecule has 1 N–H and O–H groups in total. The van der Waals surface area contributed by atoms with E-state index in [4.69, 9.17) is 0 Å². The number of carbonyl (C=O) groups is 1. The summed E-state index contributed by atoms with van der Waals surface area (Å²) >= 11 is 0. The molecule has 9 heteroatoms. The van der Waals surface area contributed by atoms with E-state index >= 15 is 0 Å². The van der Waals surface area contributed by atoms with E-state index in [2.05, 4.69) is 15.3 Å². The zero-order chi connectivity index (χ0) is 20.3. The van der Waals surface area contributed by atoms with E-state index in [1.807, 2.05) is 24.3 Å². The van der Waals surface area contributed by atoms with Crippen molar-refractivity contribution in [3.63, 3.8) is 0 Å². The average Bonchev–Trinajstić information content (AvgIpc) is 3.08. The van der Waals surface area contributed by atoms with Crippen LogP contribution in [0, 0.1) is 0 Å². The predicted molar refractivity (Wildman–Crippen MR) is 99.8 cm³/mol. The molecule has 0 aliphatic carbocycles. The number of rotatable bonds is 6. The molecule has 0 atom stereocenters. The maximum atomic E-state index is 13.0. The lowest BCUT2D eigenvalue weighted by Gasteiger charge is -2.17. The SMILES string of the molecule is CN(C)c1cc(C(F)(F)F)nc(NCCCC(=O)N2Cc3ccccc3C2)n1. The Balaban J connectivity index is 1.53. The van der Waals surface area contributed by atoms with Gasteiger partial charge in [0.2, 0.25) is 11.9 Å². The maximum Gasteiger partial charge on any atom is 0.433 e. The second-order valence-electron chi connectivity index (χ2n) is 6.88. The van der Waals surface area contributed by atoms with Crippen molar-refractivity contribution in [2.24, 2.45) is 0 Å². The fraction of sp³-hybridized carbons (Fsp3) is 0.421. The van der Waals surface area contributed by atoms with Crippen LogP contribution < -0.4 is 10.2 Å². The largest absolute Gasteiger partial charge is 0.433 e. The number of hydrogen-bond donors (Lipinski definition) is 1. The van der Waals surface area contributed by atoms with E-state index in [9.17, 15) is 18.0 Å². The topological polar surface area (TPSA) is 61.4 Å². The summed E-state index contributed by atoms with van der Waals surface area (Å²) in [6.45, 7) is 1.51. The zero-order valence-electron chi connectivity index (χ0n) is 15.8. The fourth-order valence-electron chi connectivity index (χ4n) is 3.00. The first kappa shape index (κ1) is 19.9. The van der Waals surface area contributed by atoms with Gasteiger partial charge in [-0.1, -0.05) is 24.3 Å². The Bertz CT molecular complexity index is 829. The van der Waals surface area contributed by atoms with Crippen LogP contribution >= 0.6 is 0 Å². The van der Waals surface area contributed by atoms with Crippen LogP contribution in [0.25, 0.3) is 0 Å². The second-order valence-corrected chi connectivity index (χ2v) is 6.88. The summed E-state index contributed by atoms with van der Waals surface area (Å²) in [6.07, 6.45) is -3.77. The van der Waals surface area contributed by atoms with Crippen molar-refractivity contribution < 1.29 is 18.0 Å². The Kier molecular flexibility index (Phi) is 5.71. The van der Waals surface area contributed by atoms with Gasteiger partial charge >= 0.3 is 6.18 Å². The molecule has 0 fully saturated rings. The second kappa shape index (κ2) is 8.04. The van der Waals surface area contributed by atoms with Crippen LogP contribution in [0.4, 0.5) is 24.9 Å². The van der Waals surface area contributed by atoms with Crippen LogP contribution in [0.2, 0.25) is 0 Å². The van der Waals surface area contributed by atoms with Crippen molar-refractivity contribution in [1.82, 2.24) is 14.9 Å². The van der Waals surface area contributed by atoms with E-state index in [1.54, 1.807) is 19.0 Å². The number of halogens is 3. The summed E-state index contributed by atoms with van der Waals surface area (Å²) < 4.78 is 39.0. The molecular formula is C19H22F3N5O. The number of aromatic nitrogens is 2. The quantitative estimate of drug-likeness (QED) is 0.763. The molecule has 1 aromatic carbocycles. The van der Waals surface area contributed by atoms with Crippen LogP contribution in [0.3, 0.4) is 0 Å². The first-order valence-corrected chi connectivity index (χ1v) is 8.96. The highest BCUT2D eigenvalue weighted by Gasteiger charge is 2.34. The minimum atomic E-state index is -4.55. The van der Waals surface area contributed by atoms with Gasteiger partial charge in [0.25, 0.3) is 0 Å². The van der Waals surface area contributed by atoms with Crippen molar-refractivity contribution in [1.29, 1.82) is 0 Å². The summed E-state index contributed by atoms with van der Waals surface area (Å²) in [7, 11) is 3.22. The van der Waals surface area contributed by atoms with Crippen molar-refractivity contribution in [3.05, 3.63) is 47.2 Å². The lowest BCUT2D eigenvalue weighted by Crippen LogP contribution is -2.25. The van der Waals surface area contributed by atoms with E-state index in [0.29, 0.717) is 32.5 Å². The highest BCUT2D eigenvalue weighted by atomic mass is 19.4. The smallest absolute Gasteiger partial charge is 0.363 e. The molecule has 0 spiro atoms. The molecule has 3 rings (SSSR count). The first-order chi connectivity index (χ1) is 13.2. The van der Waals surface area contributed by atoms with E-state index in [0.717, 1.165) is 17.2 Å². The molecule has 0 saturated heterocycles. The lowest BCUT2D eigenvalue weighted by atomic mass is 10.1. The highest BCUT2D eigenvalue weighted by Crippen LogP contribution is 2.30. The van der Waals surface area contributed by atoms with Gasteiger partial charge in [0, 0.05) is 46.2 Å². The minimum Gasteiger partial charge on any atom is -0.363 e. The zero-order valence-corrected chi connectivity index (χ0v) is 15.8. The maximum absolute atomic E-state index is 13.0. The summed E-state index contributed by atoms with van der Waals surface area (Å²) in [6, 6.07) is 8.83. The van der Waals surface area contributed by atoms with Gasteiger partial charge in [0.15, 0.2) is 5.69 Å². The van der Waals surface area contributed by atoms with Gasteiger partial charge in [-0.05, 0) is 17.5 Å². The Morgan fingerprint density at radius 1 is 1.18 bits per heavy atom. The summed E-state index contributed by atoms with van der Waals surface area (Å²) in [5.41, 5.74) is 1.31. The van der Waals surface area contributed by atoms with Gasteiger partial charge in [-0.3, -0.25) is 4.79 Å². The molecule has 1 aliphatic rings. The van der Waals surface area contributed by atoms with Crippen molar-refractivity contribution in [3.8, 4) is 0 Å². The van der Waals surface area contributed by atoms with Gasteiger partial charge in [-0.15, -0.1) is 0 Å². The molecular weight excluding hydrogens is 371 g/mol. The standard InChI is InChI=1S/C19H22F3N5O/c1-26(2)16-10-15(19(20,21)22)24-18(25-16)23-9-5-8-17(28)27-11-13-6-3-4-7-14(13)12-27/h3-4,6-7,10H,5,8-9,11-12H2,1-2H3,(H,23,24,25). The first-order valence-electron chi connectivity index (χ1n) is 8.96. The Hall–Kier alpha value is -2.84. The molecule has 0 saturated carbocycles.